The van der Waals surface area contributed by atoms with E-state index in [0.29, 0.717) is 5.56 Å². The number of aromatic nitrogens is 2. The van der Waals surface area contributed by atoms with Gasteiger partial charge in [0.05, 0.1) is 11.3 Å². The maximum atomic E-state index is 11.3. The van der Waals surface area contributed by atoms with Gasteiger partial charge in [-0.05, 0) is 38.5 Å². The number of rotatable bonds is 4. The predicted molar refractivity (Wildman–Crippen MR) is 77.2 cm³/mol. The van der Waals surface area contributed by atoms with E-state index in [2.05, 4.69) is 36.0 Å². The molecule has 4 heteroatoms. The number of benzene rings is 1. The van der Waals surface area contributed by atoms with Crippen LogP contribution in [-0.4, -0.2) is 22.6 Å². The van der Waals surface area contributed by atoms with Crippen LogP contribution in [0.3, 0.4) is 0 Å². The number of carbonyl (C=O) groups excluding carboxylic acids is 1. The Morgan fingerprint density at radius 3 is 2.68 bits per heavy atom. The van der Waals surface area contributed by atoms with E-state index in [1.807, 2.05) is 26.1 Å². The first-order chi connectivity index (χ1) is 9.08. The van der Waals surface area contributed by atoms with Gasteiger partial charge in [0.25, 0.3) is 0 Å². The van der Waals surface area contributed by atoms with Gasteiger partial charge in [-0.25, -0.2) is 0 Å². The summed E-state index contributed by atoms with van der Waals surface area (Å²) in [6, 6.07) is 8.25. The zero-order chi connectivity index (χ0) is 14.0. The van der Waals surface area contributed by atoms with Crippen molar-refractivity contribution in [2.45, 2.75) is 20.8 Å². The molecule has 0 radical (unpaired) electrons. The largest absolute Gasteiger partial charge is 0.326 e. The molecule has 0 spiro atoms. The van der Waals surface area contributed by atoms with Crippen molar-refractivity contribution in [1.82, 2.24) is 9.78 Å². The van der Waals surface area contributed by atoms with Crippen LogP contribution < -0.4 is 4.90 Å². The Morgan fingerprint density at radius 1 is 1.37 bits per heavy atom. The number of nitrogens with zero attached hydrogens (tertiary/aromatic N) is 3. The summed E-state index contributed by atoms with van der Waals surface area (Å²) in [6.07, 6.45) is 0.885. The van der Waals surface area contributed by atoms with Crippen LogP contribution in [0.5, 0.6) is 0 Å². The van der Waals surface area contributed by atoms with E-state index in [1.54, 1.807) is 4.68 Å². The van der Waals surface area contributed by atoms with Crippen molar-refractivity contribution in [1.29, 1.82) is 0 Å². The molecule has 0 unspecified atom stereocenters. The van der Waals surface area contributed by atoms with Crippen molar-refractivity contribution in [3.63, 3.8) is 0 Å². The van der Waals surface area contributed by atoms with E-state index in [9.17, 15) is 4.79 Å². The van der Waals surface area contributed by atoms with Crippen LogP contribution in [0.15, 0.2) is 24.3 Å². The highest BCUT2D eigenvalue weighted by molar-refractivity contribution is 5.86. The SMILES string of the molecule is CCN(c1cccc(C)c1)c1c(C=O)c(C)nn1C. The number of hydrogen-bond acceptors (Lipinski definition) is 3. The fraction of sp³-hybridized carbons (Fsp3) is 0.333. The highest BCUT2D eigenvalue weighted by atomic mass is 16.1. The highest BCUT2D eigenvalue weighted by Crippen LogP contribution is 2.29. The van der Waals surface area contributed by atoms with E-state index in [0.717, 1.165) is 30.0 Å². The average molecular weight is 257 g/mol. The molecule has 0 bridgehead atoms. The van der Waals surface area contributed by atoms with Gasteiger partial charge in [0, 0.05) is 19.3 Å². The number of carbonyl (C=O) groups is 1. The summed E-state index contributed by atoms with van der Waals surface area (Å²) in [7, 11) is 1.87. The van der Waals surface area contributed by atoms with Gasteiger partial charge in [-0.3, -0.25) is 9.48 Å². The first-order valence-electron chi connectivity index (χ1n) is 6.41. The van der Waals surface area contributed by atoms with E-state index < -0.39 is 0 Å². The first kappa shape index (κ1) is 13.3. The van der Waals surface area contributed by atoms with Crippen molar-refractivity contribution in [2.24, 2.45) is 7.05 Å². The lowest BCUT2D eigenvalue weighted by Crippen LogP contribution is -2.20. The maximum Gasteiger partial charge on any atom is 0.155 e. The van der Waals surface area contributed by atoms with Crippen LogP contribution in [-0.2, 0) is 7.05 Å². The molecule has 0 saturated heterocycles. The lowest BCUT2D eigenvalue weighted by molar-refractivity contribution is 0.112. The molecule has 0 aliphatic rings. The summed E-state index contributed by atoms with van der Waals surface area (Å²) < 4.78 is 1.77. The number of aryl methyl sites for hydroxylation is 3. The van der Waals surface area contributed by atoms with Gasteiger partial charge in [0.15, 0.2) is 6.29 Å². The van der Waals surface area contributed by atoms with Crippen molar-refractivity contribution < 1.29 is 4.79 Å². The Hall–Kier alpha value is -2.10. The summed E-state index contributed by atoms with van der Waals surface area (Å²) in [4.78, 5) is 13.4. The molecular formula is C15H19N3O. The van der Waals surface area contributed by atoms with Crippen molar-refractivity contribution in [2.75, 3.05) is 11.4 Å². The molecule has 0 aliphatic carbocycles. The Balaban J connectivity index is 2.57. The van der Waals surface area contributed by atoms with E-state index in [1.165, 1.54) is 5.56 Å². The molecule has 1 heterocycles. The predicted octanol–water partition coefficient (Wildman–Crippen LogP) is 3.01. The molecule has 100 valence electrons. The molecule has 1 aromatic carbocycles. The molecule has 1 aromatic heterocycles. The lowest BCUT2D eigenvalue weighted by Gasteiger charge is -2.24. The second-order valence-corrected chi connectivity index (χ2v) is 4.65. The highest BCUT2D eigenvalue weighted by Gasteiger charge is 2.19. The molecule has 4 nitrogen and oxygen atoms in total. The molecule has 2 rings (SSSR count). The van der Waals surface area contributed by atoms with Gasteiger partial charge >= 0.3 is 0 Å². The van der Waals surface area contributed by atoms with Crippen LogP contribution in [0.25, 0.3) is 0 Å². The number of anilines is 2. The smallest absolute Gasteiger partial charge is 0.155 e. The third kappa shape index (κ3) is 2.38. The van der Waals surface area contributed by atoms with Crippen molar-refractivity contribution in [3.05, 3.63) is 41.1 Å². The summed E-state index contributed by atoms with van der Waals surface area (Å²) in [6.45, 7) is 6.77. The maximum absolute atomic E-state index is 11.3. The number of hydrogen-bond donors (Lipinski definition) is 0. The Morgan fingerprint density at radius 2 is 2.11 bits per heavy atom. The molecular weight excluding hydrogens is 238 g/mol. The fourth-order valence-corrected chi connectivity index (χ4v) is 2.37. The number of aldehydes is 1. The summed E-state index contributed by atoms with van der Waals surface area (Å²) in [5, 5.41) is 4.34. The quantitative estimate of drug-likeness (QED) is 0.790. The second kappa shape index (κ2) is 5.26. The van der Waals surface area contributed by atoms with E-state index in [4.69, 9.17) is 0 Å². The Kier molecular flexibility index (Phi) is 3.69. The van der Waals surface area contributed by atoms with E-state index in [-0.39, 0.29) is 0 Å². The van der Waals surface area contributed by atoms with Crippen LogP contribution in [0, 0.1) is 13.8 Å². The standard InChI is InChI=1S/C15H19N3O/c1-5-18(13-8-6-7-11(2)9-13)15-14(10-19)12(3)16-17(15)4/h6-10H,5H2,1-4H3. The molecule has 0 amide bonds. The third-order valence-electron chi connectivity index (χ3n) is 3.24. The van der Waals surface area contributed by atoms with Gasteiger partial charge < -0.3 is 4.90 Å². The van der Waals surface area contributed by atoms with Crippen LogP contribution >= 0.6 is 0 Å². The van der Waals surface area contributed by atoms with Crippen LogP contribution in [0.1, 0.15) is 28.5 Å². The average Bonchev–Trinajstić information content (AvgIpc) is 2.65. The molecule has 2 aromatic rings. The monoisotopic (exact) mass is 257 g/mol. The molecule has 0 fully saturated rings. The molecule has 0 saturated carbocycles. The molecule has 0 aliphatic heterocycles. The van der Waals surface area contributed by atoms with Gasteiger partial charge in [0.2, 0.25) is 0 Å². The van der Waals surface area contributed by atoms with E-state index >= 15 is 0 Å². The zero-order valence-electron chi connectivity index (χ0n) is 11.8. The third-order valence-corrected chi connectivity index (χ3v) is 3.24. The summed E-state index contributed by atoms with van der Waals surface area (Å²) in [5.41, 5.74) is 3.69. The van der Waals surface area contributed by atoms with Gasteiger partial charge in [-0.1, -0.05) is 12.1 Å². The van der Waals surface area contributed by atoms with Gasteiger partial charge in [-0.15, -0.1) is 0 Å². The van der Waals surface area contributed by atoms with Gasteiger partial charge in [-0.2, -0.15) is 5.10 Å². The van der Waals surface area contributed by atoms with Crippen molar-refractivity contribution >= 4 is 17.8 Å². The first-order valence-corrected chi connectivity index (χ1v) is 6.41. The second-order valence-electron chi connectivity index (χ2n) is 4.65. The Bertz CT molecular complexity index is 601. The normalized spacial score (nSPS) is 10.5. The Labute approximate surface area is 113 Å². The minimum atomic E-state index is 0.658. The molecule has 0 atom stereocenters. The van der Waals surface area contributed by atoms with Crippen LogP contribution in [0.4, 0.5) is 11.5 Å². The summed E-state index contributed by atoms with van der Waals surface area (Å²) >= 11 is 0. The topological polar surface area (TPSA) is 38.1 Å². The minimum Gasteiger partial charge on any atom is -0.326 e. The molecule has 0 N–H and O–H groups in total. The van der Waals surface area contributed by atoms with Crippen molar-refractivity contribution in [3.8, 4) is 0 Å². The fourth-order valence-electron chi connectivity index (χ4n) is 2.37. The lowest BCUT2D eigenvalue weighted by atomic mass is 10.2. The summed E-state index contributed by atoms with van der Waals surface area (Å²) in [5.74, 6) is 0.848. The zero-order valence-corrected chi connectivity index (χ0v) is 11.8. The minimum absolute atomic E-state index is 0.658. The molecule has 19 heavy (non-hydrogen) atoms. The van der Waals surface area contributed by atoms with Crippen LogP contribution in [0.2, 0.25) is 0 Å². The van der Waals surface area contributed by atoms with Gasteiger partial charge in [0.1, 0.15) is 5.82 Å².